The van der Waals surface area contributed by atoms with Gasteiger partial charge in [-0.1, -0.05) is 49.6 Å². The maximum absolute atomic E-state index is 14.4. The van der Waals surface area contributed by atoms with Crippen LogP contribution in [0.5, 0.6) is 0 Å². The summed E-state index contributed by atoms with van der Waals surface area (Å²) in [6.45, 7) is 0.510. The van der Waals surface area contributed by atoms with Gasteiger partial charge < -0.3 is 10.2 Å². The van der Waals surface area contributed by atoms with E-state index in [0.29, 0.717) is 36.2 Å². The largest absolute Gasteiger partial charge is 0.361 e. The van der Waals surface area contributed by atoms with Gasteiger partial charge in [-0.15, -0.1) is 0 Å². The summed E-state index contributed by atoms with van der Waals surface area (Å²) < 4.78 is 14.4. The summed E-state index contributed by atoms with van der Waals surface area (Å²) in [7, 11) is 0. The summed E-state index contributed by atoms with van der Waals surface area (Å²) >= 11 is 0. The van der Waals surface area contributed by atoms with Crippen molar-refractivity contribution in [2.24, 2.45) is 0 Å². The second-order valence-electron chi connectivity index (χ2n) is 7.17. The van der Waals surface area contributed by atoms with Crippen LogP contribution in [-0.4, -0.2) is 28.5 Å². The van der Waals surface area contributed by atoms with Crippen LogP contribution in [0, 0.1) is 5.82 Å². The van der Waals surface area contributed by atoms with E-state index in [1.165, 1.54) is 6.07 Å². The van der Waals surface area contributed by atoms with Gasteiger partial charge in [-0.25, -0.2) is 9.87 Å². The zero-order valence-corrected chi connectivity index (χ0v) is 16.2. The molecule has 0 bridgehead atoms. The molecule has 0 radical (unpaired) electrons. The van der Waals surface area contributed by atoms with Gasteiger partial charge in [-0.3, -0.25) is 14.8 Å². The summed E-state index contributed by atoms with van der Waals surface area (Å²) in [6, 6.07) is 13.8. The molecule has 0 spiro atoms. The molecule has 1 atom stereocenters. The molecule has 29 heavy (non-hydrogen) atoms. The topological polar surface area (TPSA) is 81.7 Å². The van der Waals surface area contributed by atoms with Crippen molar-refractivity contribution in [3.8, 4) is 0 Å². The van der Waals surface area contributed by atoms with Crippen LogP contribution < -0.4 is 10.8 Å². The first-order valence-corrected chi connectivity index (χ1v) is 9.95. The highest BCUT2D eigenvalue weighted by Crippen LogP contribution is 2.34. The maximum Gasteiger partial charge on any atom is 0.257 e. The summed E-state index contributed by atoms with van der Waals surface area (Å²) in [5, 5.41) is 11.8. The lowest BCUT2D eigenvalue weighted by Crippen LogP contribution is -2.43. The molecular weight excluding hydrogens is 373 g/mol. The number of para-hydroxylation sites is 1. The molecule has 2 amide bonds. The molecule has 2 aromatic rings. The molecule has 3 rings (SSSR count). The van der Waals surface area contributed by atoms with E-state index in [-0.39, 0.29) is 17.6 Å². The fraction of sp³-hybridized carbons (Fsp3) is 0.364. The Morgan fingerprint density at radius 3 is 2.52 bits per heavy atom. The van der Waals surface area contributed by atoms with Crippen LogP contribution in [0.15, 0.2) is 48.5 Å². The fourth-order valence-corrected chi connectivity index (χ4v) is 3.62. The second-order valence-corrected chi connectivity index (χ2v) is 7.17. The van der Waals surface area contributed by atoms with Crippen LogP contribution in [0.25, 0.3) is 0 Å². The first-order chi connectivity index (χ1) is 14.1. The summed E-state index contributed by atoms with van der Waals surface area (Å²) in [5.41, 5.74) is 3.38. The van der Waals surface area contributed by atoms with Crippen LogP contribution in [0.2, 0.25) is 0 Å². The SMILES string of the molecule is O=C(CCCCCCCN1C(=O)c2ccccc2NC1c1ccccc1F)NO. The van der Waals surface area contributed by atoms with Gasteiger partial charge in [-0.05, 0) is 31.0 Å². The maximum atomic E-state index is 14.4. The standard InChI is InChI=1S/C22H26FN3O3/c23-18-12-7-5-10-16(18)21-24-19-13-8-6-11-17(19)22(28)26(21)15-9-3-1-2-4-14-20(27)25-29/h5-8,10-13,21,24,29H,1-4,9,14-15H2,(H,25,27). The van der Waals surface area contributed by atoms with Gasteiger partial charge in [0.05, 0.1) is 5.56 Å². The van der Waals surface area contributed by atoms with Crippen molar-refractivity contribution in [3.05, 3.63) is 65.5 Å². The number of anilines is 1. The van der Waals surface area contributed by atoms with Crippen LogP contribution in [-0.2, 0) is 4.79 Å². The fourth-order valence-electron chi connectivity index (χ4n) is 3.62. The van der Waals surface area contributed by atoms with E-state index in [4.69, 9.17) is 5.21 Å². The average molecular weight is 399 g/mol. The number of amides is 2. The Hall–Kier alpha value is -2.93. The number of nitrogens with one attached hydrogen (secondary N) is 2. The average Bonchev–Trinajstić information content (AvgIpc) is 2.74. The van der Waals surface area contributed by atoms with E-state index in [1.54, 1.807) is 34.6 Å². The molecule has 0 saturated carbocycles. The van der Waals surface area contributed by atoms with E-state index >= 15 is 0 Å². The number of benzene rings is 2. The summed E-state index contributed by atoms with van der Waals surface area (Å²) in [4.78, 5) is 25.8. The summed E-state index contributed by atoms with van der Waals surface area (Å²) in [5.74, 6) is -0.821. The van der Waals surface area contributed by atoms with Crippen molar-refractivity contribution in [2.45, 2.75) is 44.7 Å². The van der Waals surface area contributed by atoms with E-state index in [0.717, 1.165) is 25.7 Å². The Labute approximate surface area is 169 Å². The first kappa shape index (κ1) is 20.8. The van der Waals surface area contributed by atoms with Crippen LogP contribution in [0.3, 0.4) is 0 Å². The van der Waals surface area contributed by atoms with Crippen molar-refractivity contribution in [1.29, 1.82) is 0 Å². The number of carbonyl (C=O) groups excluding carboxylic acids is 2. The number of unbranched alkanes of at least 4 members (excludes halogenated alkanes) is 4. The normalized spacial score (nSPS) is 15.6. The lowest BCUT2D eigenvalue weighted by molar-refractivity contribution is -0.129. The number of rotatable bonds is 9. The third-order valence-electron chi connectivity index (χ3n) is 5.15. The Morgan fingerprint density at radius 2 is 1.72 bits per heavy atom. The van der Waals surface area contributed by atoms with Crippen LogP contribution in [0.1, 0.15) is 60.6 Å². The van der Waals surface area contributed by atoms with Gasteiger partial charge >= 0.3 is 0 Å². The molecule has 0 aromatic heterocycles. The molecule has 0 fully saturated rings. The molecule has 6 nitrogen and oxygen atoms in total. The predicted octanol–water partition coefficient (Wildman–Crippen LogP) is 4.24. The lowest BCUT2D eigenvalue weighted by Gasteiger charge is -2.38. The number of halogens is 1. The first-order valence-electron chi connectivity index (χ1n) is 9.95. The number of fused-ring (bicyclic) bond motifs is 1. The molecule has 7 heteroatoms. The molecular formula is C22H26FN3O3. The number of carbonyl (C=O) groups is 2. The van der Waals surface area contributed by atoms with Gasteiger partial charge in [0.1, 0.15) is 12.0 Å². The number of hydrogen-bond acceptors (Lipinski definition) is 4. The van der Waals surface area contributed by atoms with Crippen molar-refractivity contribution >= 4 is 17.5 Å². The Bertz CT molecular complexity index is 859. The number of hydrogen-bond donors (Lipinski definition) is 3. The third kappa shape index (κ3) is 5.12. The molecule has 154 valence electrons. The van der Waals surface area contributed by atoms with E-state index < -0.39 is 6.17 Å². The molecule has 1 aliphatic heterocycles. The zero-order chi connectivity index (χ0) is 20.6. The molecule has 0 aliphatic carbocycles. The van der Waals surface area contributed by atoms with Crippen molar-refractivity contribution < 1.29 is 19.2 Å². The molecule has 1 aliphatic rings. The highest BCUT2D eigenvalue weighted by atomic mass is 19.1. The Balaban J connectivity index is 1.63. The van der Waals surface area contributed by atoms with Gasteiger partial charge in [0, 0.05) is 24.2 Å². The van der Waals surface area contributed by atoms with Crippen molar-refractivity contribution in [2.75, 3.05) is 11.9 Å². The van der Waals surface area contributed by atoms with E-state index in [9.17, 15) is 14.0 Å². The molecule has 3 N–H and O–H groups in total. The van der Waals surface area contributed by atoms with Gasteiger partial charge in [0.2, 0.25) is 5.91 Å². The minimum Gasteiger partial charge on any atom is -0.361 e. The Kier molecular flexibility index (Phi) is 7.19. The van der Waals surface area contributed by atoms with Crippen LogP contribution >= 0.6 is 0 Å². The predicted molar refractivity (Wildman–Crippen MR) is 108 cm³/mol. The second kappa shape index (κ2) is 10.0. The number of hydroxylamine groups is 1. The smallest absolute Gasteiger partial charge is 0.257 e. The molecule has 1 heterocycles. The van der Waals surface area contributed by atoms with Gasteiger partial charge in [0.15, 0.2) is 0 Å². The van der Waals surface area contributed by atoms with Crippen molar-refractivity contribution in [1.82, 2.24) is 10.4 Å². The highest BCUT2D eigenvalue weighted by molar-refractivity contribution is 6.01. The van der Waals surface area contributed by atoms with Crippen molar-refractivity contribution in [3.63, 3.8) is 0 Å². The molecule has 0 saturated heterocycles. The van der Waals surface area contributed by atoms with E-state index in [2.05, 4.69) is 5.32 Å². The Morgan fingerprint density at radius 1 is 1.03 bits per heavy atom. The molecule has 1 unspecified atom stereocenters. The zero-order valence-electron chi connectivity index (χ0n) is 16.2. The highest BCUT2D eigenvalue weighted by Gasteiger charge is 2.33. The molecule has 2 aromatic carbocycles. The number of nitrogens with zero attached hydrogens (tertiary/aromatic N) is 1. The van der Waals surface area contributed by atoms with E-state index in [1.807, 2.05) is 18.2 Å². The van der Waals surface area contributed by atoms with Gasteiger partial charge in [0.25, 0.3) is 5.91 Å². The monoisotopic (exact) mass is 399 g/mol. The minimum atomic E-state index is -0.549. The summed E-state index contributed by atoms with van der Waals surface area (Å²) in [6.07, 6.45) is 3.95. The van der Waals surface area contributed by atoms with Crippen LogP contribution in [0.4, 0.5) is 10.1 Å². The quantitative estimate of drug-likeness (QED) is 0.335. The minimum absolute atomic E-state index is 0.104. The third-order valence-corrected chi connectivity index (χ3v) is 5.15. The lowest BCUT2D eigenvalue weighted by atomic mass is 10.0. The van der Waals surface area contributed by atoms with Gasteiger partial charge in [-0.2, -0.15) is 0 Å².